The number of rotatable bonds is 4. The van der Waals surface area contributed by atoms with E-state index in [1.807, 2.05) is 24.3 Å². The minimum Gasteiger partial charge on any atom is -0.338 e. The highest BCUT2D eigenvalue weighted by molar-refractivity contribution is 5.89. The summed E-state index contributed by atoms with van der Waals surface area (Å²) in [6.07, 6.45) is 2.50. The second-order valence-corrected chi connectivity index (χ2v) is 7.31. The van der Waals surface area contributed by atoms with Gasteiger partial charge in [-0.3, -0.25) is 4.79 Å². The fraction of sp³-hybridized carbons (Fsp3) is 0.182. The standard InChI is InChI=1S/C22H21N7O/c1-14(30)25-17-6-8-18(9-7-17)26-20-19-21(24-13-23-20)28-22(27-19)29-11-10-15-4-2-3-5-16(15)12-29/h2-9,13H,10-12H2,1H3,(H,25,30)(H2,23,24,26,27,28). The topological polar surface area (TPSA) is 98.8 Å². The van der Waals surface area contributed by atoms with Crippen molar-refractivity contribution in [3.8, 4) is 0 Å². The SMILES string of the molecule is CC(=O)Nc1ccc(Nc2ncnc3nc(N4CCc5ccccc5C4)[nH]c23)cc1. The predicted octanol–water partition coefficient (Wildman–Crippen LogP) is 3.62. The van der Waals surface area contributed by atoms with E-state index in [1.165, 1.54) is 24.4 Å². The Labute approximate surface area is 173 Å². The Morgan fingerprint density at radius 1 is 1.03 bits per heavy atom. The molecule has 0 unspecified atom stereocenters. The third-order valence-electron chi connectivity index (χ3n) is 5.17. The molecule has 0 saturated carbocycles. The van der Waals surface area contributed by atoms with Crippen molar-refractivity contribution in [2.45, 2.75) is 19.9 Å². The number of anilines is 4. The molecule has 0 aliphatic carbocycles. The quantitative estimate of drug-likeness (QED) is 0.485. The molecule has 0 bridgehead atoms. The smallest absolute Gasteiger partial charge is 0.221 e. The molecule has 0 fully saturated rings. The zero-order valence-corrected chi connectivity index (χ0v) is 16.5. The third-order valence-corrected chi connectivity index (χ3v) is 5.17. The van der Waals surface area contributed by atoms with Crippen molar-refractivity contribution in [3.63, 3.8) is 0 Å². The molecule has 1 aliphatic rings. The molecule has 4 aromatic rings. The number of benzene rings is 2. The summed E-state index contributed by atoms with van der Waals surface area (Å²) in [7, 11) is 0. The molecule has 1 amide bonds. The number of nitrogens with one attached hydrogen (secondary N) is 3. The minimum absolute atomic E-state index is 0.0986. The largest absolute Gasteiger partial charge is 0.338 e. The van der Waals surface area contributed by atoms with Crippen molar-refractivity contribution in [2.24, 2.45) is 0 Å². The van der Waals surface area contributed by atoms with Gasteiger partial charge in [0.25, 0.3) is 0 Å². The fourth-order valence-electron chi connectivity index (χ4n) is 3.71. The maximum atomic E-state index is 11.2. The lowest BCUT2D eigenvalue weighted by Gasteiger charge is -2.28. The Morgan fingerprint density at radius 3 is 2.60 bits per heavy atom. The van der Waals surface area contributed by atoms with Crippen LogP contribution in [0.5, 0.6) is 0 Å². The number of imidazole rings is 1. The number of hydrogen-bond donors (Lipinski definition) is 3. The molecule has 150 valence electrons. The van der Waals surface area contributed by atoms with Crippen molar-refractivity contribution < 1.29 is 4.79 Å². The first-order valence-electron chi connectivity index (χ1n) is 9.83. The lowest BCUT2D eigenvalue weighted by atomic mass is 10.0. The van der Waals surface area contributed by atoms with Crippen molar-refractivity contribution in [3.05, 3.63) is 66.0 Å². The highest BCUT2D eigenvalue weighted by Crippen LogP contribution is 2.27. The van der Waals surface area contributed by atoms with Crippen LogP contribution >= 0.6 is 0 Å². The molecule has 5 rings (SSSR count). The predicted molar refractivity (Wildman–Crippen MR) is 117 cm³/mol. The highest BCUT2D eigenvalue weighted by Gasteiger charge is 2.20. The van der Waals surface area contributed by atoms with Crippen LogP contribution in [0.25, 0.3) is 11.2 Å². The second kappa shape index (κ2) is 7.47. The van der Waals surface area contributed by atoms with E-state index in [0.717, 1.165) is 42.4 Å². The number of nitrogens with zero attached hydrogens (tertiary/aromatic N) is 4. The van der Waals surface area contributed by atoms with Gasteiger partial charge in [0.05, 0.1) is 0 Å². The Bertz CT molecular complexity index is 1220. The van der Waals surface area contributed by atoms with Crippen LogP contribution in [-0.4, -0.2) is 32.4 Å². The van der Waals surface area contributed by atoms with Gasteiger partial charge in [0.2, 0.25) is 11.9 Å². The molecule has 2 aromatic heterocycles. The molecule has 1 aliphatic heterocycles. The molecular weight excluding hydrogens is 378 g/mol. The van der Waals surface area contributed by atoms with Crippen LogP contribution in [0.3, 0.4) is 0 Å². The third kappa shape index (κ3) is 3.55. The lowest BCUT2D eigenvalue weighted by Crippen LogP contribution is -2.31. The number of carbonyl (C=O) groups is 1. The average Bonchev–Trinajstić information content (AvgIpc) is 3.20. The molecule has 30 heavy (non-hydrogen) atoms. The summed E-state index contributed by atoms with van der Waals surface area (Å²) in [6, 6.07) is 16.0. The van der Waals surface area contributed by atoms with Gasteiger partial charge in [0.15, 0.2) is 11.5 Å². The number of aromatic nitrogens is 4. The summed E-state index contributed by atoms with van der Waals surface area (Å²) in [5.41, 5.74) is 5.71. The van der Waals surface area contributed by atoms with Gasteiger partial charge in [-0.2, -0.15) is 4.98 Å². The van der Waals surface area contributed by atoms with Gasteiger partial charge in [0.1, 0.15) is 11.8 Å². The van der Waals surface area contributed by atoms with Crippen molar-refractivity contribution in [1.82, 2.24) is 19.9 Å². The Kier molecular flexibility index (Phi) is 4.51. The van der Waals surface area contributed by atoms with Crippen LogP contribution in [0.4, 0.5) is 23.1 Å². The first kappa shape index (κ1) is 18.1. The van der Waals surface area contributed by atoms with Crippen molar-refractivity contribution in [1.29, 1.82) is 0 Å². The Balaban J connectivity index is 1.40. The van der Waals surface area contributed by atoms with Crippen LogP contribution in [0, 0.1) is 0 Å². The molecule has 8 heteroatoms. The van der Waals surface area contributed by atoms with Gasteiger partial charge >= 0.3 is 0 Å². The Morgan fingerprint density at radius 2 is 1.80 bits per heavy atom. The van der Waals surface area contributed by atoms with Gasteiger partial charge < -0.3 is 20.5 Å². The maximum absolute atomic E-state index is 11.2. The number of fused-ring (bicyclic) bond motifs is 2. The summed E-state index contributed by atoms with van der Waals surface area (Å²) >= 11 is 0. The fourth-order valence-corrected chi connectivity index (χ4v) is 3.71. The number of carbonyl (C=O) groups excluding carboxylic acids is 1. The van der Waals surface area contributed by atoms with E-state index in [1.54, 1.807) is 0 Å². The number of hydrogen-bond acceptors (Lipinski definition) is 6. The van der Waals surface area contributed by atoms with E-state index < -0.39 is 0 Å². The normalized spacial score (nSPS) is 13.2. The zero-order chi connectivity index (χ0) is 20.5. The van der Waals surface area contributed by atoms with Crippen LogP contribution in [0.2, 0.25) is 0 Å². The average molecular weight is 399 g/mol. The van der Waals surface area contributed by atoms with Crippen LogP contribution in [-0.2, 0) is 17.8 Å². The molecule has 0 atom stereocenters. The second-order valence-electron chi connectivity index (χ2n) is 7.31. The van der Waals surface area contributed by atoms with E-state index in [-0.39, 0.29) is 5.91 Å². The summed E-state index contributed by atoms with van der Waals surface area (Å²) in [4.78, 5) is 30.2. The molecule has 0 spiro atoms. The molecule has 2 aromatic carbocycles. The van der Waals surface area contributed by atoms with Crippen LogP contribution < -0.4 is 15.5 Å². The molecule has 3 heterocycles. The number of aromatic amines is 1. The first-order chi connectivity index (χ1) is 14.7. The lowest BCUT2D eigenvalue weighted by molar-refractivity contribution is -0.114. The zero-order valence-electron chi connectivity index (χ0n) is 16.5. The number of amides is 1. The summed E-state index contributed by atoms with van der Waals surface area (Å²) in [6.45, 7) is 3.20. The van der Waals surface area contributed by atoms with E-state index in [9.17, 15) is 4.79 Å². The minimum atomic E-state index is -0.0986. The monoisotopic (exact) mass is 399 g/mol. The van der Waals surface area contributed by atoms with Crippen LogP contribution in [0.15, 0.2) is 54.9 Å². The molecule has 0 radical (unpaired) electrons. The maximum Gasteiger partial charge on any atom is 0.221 e. The van der Waals surface area contributed by atoms with Gasteiger partial charge in [0, 0.05) is 31.4 Å². The van der Waals surface area contributed by atoms with Gasteiger partial charge in [-0.05, 0) is 41.8 Å². The molecule has 8 nitrogen and oxygen atoms in total. The van der Waals surface area contributed by atoms with Gasteiger partial charge in [-0.25, -0.2) is 9.97 Å². The number of H-pyrrole nitrogens is 1. The Hall–Kier alpha value is -3.94. The summed E-state index contributed by atoms with van der Waals surface area (Å²) in [5.74, 6) is 1.35. The molecular formula is C22H21N7O. The van der Waals surface area contributed by atoms with Gasteiger partial charge in [-0.15, -0.1) is 0 Å². The molecule has 0 saturated heterocycles. The molecule has 3 N–H and O–H groups in total. The van der Waals surface area contributed by atoms with E-state index in [0.29, 0.717) is 11.5 Å². The van der Waals surface area contributed by atoms with E-state index in [2.05, 4.69) is 54.8 Å². The van der Waals surface area contributed by atoms with Crippen molar-refractivity contribution >= 4 is 40.2 Å². The highest BCUT2D eigenvalue weighted by atomic mass is 16.1. The summed E-state index contributed by atoms with van der Waals surface area (Å²) in [5, 5.41) is 6.06. The first-order valence-corrected chi connectivity index (χ1v) is 9.83. The van der Waals surface area contributed by atoms with Gasteiger partial charge in [-0.1, -0.05) is 24.3 Å². The van der Waals surface area contributed by atoms with E-state index in [4.69, 9.17) is 4.98 Å². The van der Waals surface area contributed by atoms with Crippen molar-refractivity contribution in [2.75, 3.05) is 22.1 Å². The van der Waals surface area contributed by atoms with E-state index >= 15 is 0 Å². The van der Waals surface area contributed by atoms with Crippen LogP contribution in [0.1, 0.15) is 18.1 Å². The summed E-state index contributed by atoms with van der Waals surface area (Å²) < 4.78 is 0.